The second-order valence-electron chi connectivity index (χ2n) is 4.43. The number of rotatable bonds is 6. The van der Waals surface area contributed by atoms with Crippen LogP contribution in [0.4, 0.5) is 0 Å². The number of aromatic amines is 1. The molecule has 5 nitrogen and oxygen atoms in total. The van der Waals surface area contributed by atoms with Crippen LogP contribution in [-0.2, 0) is 11.3 Å². The Kier molecular flexibility index (Phi) is 3.56. The Labute approximate surface area is 95.2 Å². The lowest BCUT2D eigenvalue weighted by molar-refractivity contribution is -0.129. The summed E-state index contributed by atoms with van der Waals surface area (Å²) in [5.41, 5.74) is 1.03. The summed E-state index contributed by atoms with van der Waals surface area (Å²) in [5, 5.41) is 9.78. The van der Waals surface area contributed by atoms with Gasteiger partial charge in [-0.3, -0.25) is 9.89 Å². The van der Waals surface area contributed by atoms with Crippen LogP contribution in [0, 0.1) is 5.92 Å². The van der Waals surface area contributed by atoms with E-state index in [0.29, 0.717) is 13.1 Å². The summed E-state index contributed by atoms with van der Waals surface area (Å²) in [6.07, 6.45) is 6.17. The molecule has 1 aliphatic carbocycles. The molecule has 0 unspecified atom stereocenters. The van der Waals surface area contributed by atoms with Crippen molar-refractivity contribution in [2.45, 2.75) is 19.4 Å². The molecule has 1 aromatic heterocycles. The van der Waals surface area contributed by atoms with Crippen LogP contribution in [0.5, 0.6) is 0 Å². The molecule has 1 aliphatic rings. The van der Waals surface area contributed by atoms with E-state index in [2.05, 4.69) is 15.5 Å². The molecule has 0 radical (unpaired) electrons. The molecule has 1 saturated carbocycles. The van der Waals surface area contributed by atoms with Gasteiger partial charge in [0.1, 0.15) is 0 Å². The van der Waals surface area contributed by atoms with Gasteiger partial charge in [0.15, 0.2) is 0 Å². The zero-order valence-corrected chi connectivity index (χ0v) is 9.57. The van der Waals surface area contributed by atoms with Gasteiger partial charge in [0, 0.05) is 25.4 Å². The first kappa shape index (κ1) is 11.1. The second kappa shape index (κ2) is 5.12. The molecule has 0 bridgehead atoms. The lowest BCUT2D eigenvalue weighted by atomic mass is 10.3. The quantitative estimate of drug-likeness (QED) is 0.731. The highest BCUT2D eigenvalue weighted by Gasteiger charge is 2.20. The third-order valence-electron chi connectivity index (χ3n) is 2.81. The Morgan fingerprint density at radius 3 is 3.12 bits per heavy atom. The molecule has 0 aromatic carbocycles. The van der Waals surface area contributed by atoms with Crippen LogP contribution in [0.3, 0.4) is 0 Å². The average Bonchev–Trinajstić information content (AvgIpc) is 2.95. The van der Waals surface area contributed by atoms with E-state index in [1.807, 2.05) is 7.05 Å². The first-order valence-electron chi connectivity index (χ1n) is 5.68. The average molecular weight is 222 g/mol. The van der Waals surface area contributed by atoms with E-state index in [-0.39, 0.29) is 5.91 Å². The predicted octanol–water partition coefficient (Wildman–Crippen LogP) is 0.368. The lowest BCUT2D eigenvalue weighted by Gasteiger charge is -2.16. The third-order valence-corrected chi connectivity index (χ3v) is 2.81. The molecular formula is C11H18N4O. The predicted molar refractivity (Wildman–Crippen MR) is 60.7 cm³/mol. The number of carbonyl (C=O) groups is 1. The van der Waals surface area contributed by atoms with Crippen molar-refractivity contribution in [3.05, 3.63) is 18.0 Å². The Morgan fingerprint density at radius 1 is 1.69 bits per heavy atom. The van der Waals surface area contributed by atoms with Gasteiger partial charge in [0.25, 0.3) is 0 Å². The van der Waals surface area contributed by atoms with Crippen LogP contribution in [0.15, 0.2) is 12.4 Å². The van der Waals surface area contributed by atoms with Crippen LogP contribution < -0.4 is 5.32 Å². The first-order chi connectivity index (χ1) is 7.75. The molecule has 0 spiro atoms. The highest BCUT2D eigenvalue weighted by atomic mass is 16.2. The fourth-order valence-corrected chi connectivity index (χ4v) is 1.57. The number of hydrogen-bond acceptors (Lipinski definition) is 3. The first-order valence-corrected chi connectivity index (χ1v) is 5.68. The number of aromatic nitrogens is 2. The van der Waals surface area contributed by atoms with Gasteiger partial charge in [-0.1, -0.05) is 0 Å². The van der Waals surface area contributed by atoms with Gasteiger partial charge in [-0.15, -0.1) is 0 Å². The van der Waals surface area contributed by atoms with Gasteiger partial charge in [0.2, 0.25) is 5.91 Å². The zero-order valence-electron chi connectivity index (χ0n) is 9.57. The fraction of sp³-hybridized carbons (Fsp3) is 0.636. The number of H-pyrrole nitrogens is 1. The van der Waals surface area contributed by atoms with E-state index >= 15 is 0 Å². The van der Waals surface area contributed by atoms with Crippen molar-refractivity contribution in [3.8, 4) is 0 Å². The molecule has 2 rings (SSSR count). The normalized spacial score (nSPS) is 15.1. The molecule has 1 heterocycles. The van der Waals surface area contributed by atoms with Crippen molar-refractivity contribution in [1.29, 1.82) is 0 Å². The van der Waals surface area contributed by atoms with Crippen LogP contribution in [0.25, 0.3) is 0 Å². The van der Waals surface area contributed by atoms with Crippen molar-refractivity contribution in [2.75, 3.05) is 20.1 Å². The zero-order chi connectivity index (χ0) is 11.4. The van der Waals surface area contributed by atoms with Crippen molar-refractivity contribution in [2.24, 2.45) is 5.92 Å². The molecule has 0 atom stereocenters. The number of carbonyl (C=O) groups excluding carboxylic acids is 1. The van der Waals surface area contributed by atoms with E-state index in [4.69, 9.17) is 0 Å². The standard InChI is InChI=1S/C11H18N4O/c1-15(8-10-5-13-14-6-10)11(16)7-12-4-9-2-3-9/h5-6,9,12H,2-4,7-8H2,1H3,(H,13,14). The van der Waals surface area contributed by atoms with Crippen LogP contribution in [0.1, 0.15) is 18.4 Å². The Bertz CT molecular complexity index is 332. The minimum atomic E-state index is 0.127. The maximum Gasteiger partial charge on any atom is 0.236 e. The van der Waals surface area contributed by atoms with E-state index in [9.17, 15) is 4.79 Å². The molecule has 2 N–H and O–H groups in total. The minimum Gasteiger partial charge on any atom is -0.340 e. The summed E-state index contributed by atoms with van der Waals surface area (Å²) in [4.78, 5) is 13.4. The monoisotopic (exact) mass is 222 g/mol. The number of amides is 1. The van der Waals surface area contributed by atoms with Crippen molar-refractivity contribution < 1.29 is 4.79 Å². The molecule has 1 amide bonds. The summed E-state index contributed by atoms with van der Waals surface area (Å²) in [6, 6.07) is 0. The van der Waals surface area contributed by atoms with Crippen molar-refractivity contribution in [3.63, 3.8) is 0 Å². The maximum absolute atomic E-state index is 11.7. The largest absolute Gasteiger partial charge is 0.340 e. The van der Waals surface area contributed by atoms with Gasteiger partial charge in [-0.25, -0.2) is 0 Å². The van der Waals surface area contributed by atoms with Gasteiger partial charge >= 0.3 is 0 Å². The number of nitrogens with zero attached hydrogens (tertiary/aromatic N) is 2. The second-order valence-corrected chi connectivity index (χ2v) is 4.43. The summed E-state index contributed by atoms with van der Waals surface area (Å²) in [7, 11) is 1.81. The molecule has 5 heteroatoms. The van der Waals surface area contributed by atoms with Gasteiger partial charge in [-0.05, 0) is 25.3 Å². The molecule has 0 saturated heterocycles. The number of likely N-dealkylation sites (N-methyl/N-ethyl adjacent to an activating group) is 1. The molecule has 1 fully saturated rings. The molecule has 1 aromatic rings. The summed E-state index contributed by atoms with van der Waals surface area (Å²) in [6.45, 7) is 2.02. The summed E-state index contributed by atoms with van der Waals surface area (Å²) in [5.74, 6) is 0.939. The number of nitrogens with one attached hydrogen (secondary N) is 2. The molecule has 16 heavy (non-hydrogen) atoms. The van der Waals surface area contributed by atoms with E-state index in [0.717, 1.165) is 18.0 Å². The number of hydrogen-bond donors (Lipinski definition) is 2. The Morgan fingerprint density at radius 2 is 2.50 bits per heavy atom. The SMILES string of the molecule is CN(Cc1cn[nH]c1)C(=O)CNCC1CC1. The summed E-state index contributed by atoms with van der Waals surface area (Å²) >= 11 is 0. The highest BCUT2D eigenvalue weighted by Crippen LogP contribution is 2.27. The van der Waals surface area contributed by atoms with Crippen molar-refractivity contribution in [1.82, 2.24) is 20.4 Å². The minimum absolute atomic E-state index is 0.127. The van der Waals surface area contributed by atoms with Gasteiger partial charge < -0.3 is 10.2 Å². The third kappa shape index (κ3) is 3.34. The smallest absolute Gasteiger partial charge is 0.236 e. The van der Waals surface area contributed by atoms with Crippen molar-refractivity contribution >= 4 is 5.91 Å². The van der Waals surface area contributed by atoms with E-state index in [1.165, 1.54) is 12.8 Å². The maximum atomic E-state index is 11.7. The topological polar surface area (TPSA) is 61.0 Å². The lowest BCUT2D eigenvalue weighted by Crippen LogP contribution is -2.35. The highest BCUT2D eigenvalue weighted by molar-refractivity contribution is 5.77. The van der Waals surface area contributed by atoms with Crippen LogP contribution in [-0.4, -0.2) is 41.1 Å². The van der Waals surface area contributed by atoms with Crippen LogP contribution >= 0.6 is 0 Å². The molecule has 88 valence electrons. The van der Waals surface area contributed by atoms with Gasteiger partial charge in [0.05, 0.1) is 12.7 Å². The van der Waals surface area contributed by atoms with E-state index < -0.39 is 0 Å². The van der Waals surface area contributed by atoms with Crippen LogP contribution in [0.2, 0.25) is 0 Å². The molecule has 0 aliphatic heterocycles. The Balaban J connectivity index is 1.66. The van der Waals surface area contributed by atoms with E-state index in [1.54, 1.807) is 17.3 Å². The molecular weight excluding hydrogens is 204 g/mol. The fourth-order valence-electron chi connectivity index (χ4n) is 1.57. The summed E-state index contributed by atoms with van der Waals surface area (Å²) < 4.78 is 0. The van der Waals surface area contributed by atoms with Gasteiger partial charge in [-0.2, -0.15) is 5.10 Å². The Hall–Kier alpha value is -1.36.